The Kier molecular flexibility index (Phi) is 7.60. The molecule has 0 saturated carbocycles. The molecule has 0 spiro atoms. The third-order valence-corrected chi connectivity index (χ3v) is 2.88. The van der Waals surface area contributed by atoms with Crippen molar-refractivity contribution in [1.29, 1.82) is 0 Å². The molecular weight excluding hydrogens is 275 g/mol. The molecule has 0 atom stereocenters. The summed E-state index contributed by atoms with van der Waals surface area (Å²) in [5.41, 5.74) is -0.185. The Morgan fingerprint density at radius 2 is 1.75 bits per heavy atom. The first kappa shape index (κ1) is 18.7. The van der Waals surface area contributed by atoms with Gasteiger partial charge in [0.25, 0.3) is 0 Å². The molecule has 0 aromatic carbocycles. The van der Waals surface area contributed by atoms with Crippen molar-refractivity contribution in [1.82, 2.24) is 5.32 Å². The van der Waals surface area contributed by atoms with Crippen LogP contribution in [0, 0.1) is 5.41 Å². The molecule has 0 rings (SSSR count). The molecule has 0 unspecified atom stereocenters. The van der Waals surface area contributed by atoms with E-state index in [-0.39, 0.29) is 24.3 Å². The third kappa shape index (κ3) is 8.77. The zero-order valence-electron chi connectivity index (χ0n) is 12.1. The van der Waals surface area contributed by atoms with Crippen molar-refractivity contribution >= 4 is 11.9 Å². The fourth-order valence-corrected chi connectivity index (χ4v) is 1.67. The fourth-order valence-electron chi connectivity index (χ4n) is 1.67. The second-order valence-corrected chi connectivity index (χ2v) is 5.33. The number of hydrogen-bond acceptors (Lipinski definition) is 3. The highest BCUT2D eigenvalue weighted by Gasteiger charge is 2.38. The van der Waals surface area contributed by atoms with Crippen LogP contribution in [-0.2, 0) is 14.3 Å². The van der Waals surface area contributed by atoms with Gasteiger partial charge in [0.05, 0.1) is 6.61 Å². The van der Waals surface area contributed by atoms with E-state index in [1.165, 1.54) is 0 Å². The van der Waals surface area contributed by atoms with Crippen molar-refractivity contribution in [3.63, 3.8) is 0 Å². The predicted octanol–water partition coefficient (Wildman–Crippen LogP) is 2.81. The summed E-state index contributed by atoms with van der Waals surface area (Å²) in [6.07, 6.45) is -2.91. The summed E-state index contributed by atoms with van der Waals surface area (Å²) < 4.78 is 40.6. The van der Waals surface area contributed by atoms with Gasteiger partial charge in [0.1, 0.15) is 0 Å². The third-order valence-electron chi connectivity index (χ3n) is 2.88. The average molecular weight is 297 g/mol. The van der Waals surface area contributed by atoms with Crippen molar-refractivity contribution in [3.8, 4) is 0 Å². The lowest BCUT2D eigenvalue weighted by molar-refractivity contribution is -0.173. The minimum absolute atomic E-state index is 0.0266. The van der Waals surface area contributed by atoms with E-state index in [9.17, 15) is 22.8 Å². The maximum absolute atomic E-state index is 11.9. The van der Waals surface area contributed by atoms with Crippen LogP contribution < -0.4 is 5.32 Å². The van der Waals surface area contributed by atoms with E-state index in [1.807, 2.05) is 19.2 Å². The number of esters is 1. The number of rotatable bonds is 8. The molecule has 0 aliphatic heterocycles. The average Bonchev–Trinajstić information content (AvgIpc) is 2.31. The molecule has 0 aliphatic rings. The maximum atomic E-state index is 11.9. The number of nitrogens with one attached hydrogen (secondary N) is 1. The van der Waals surface area contributed by atoms with Gasteiger partial charge in [-0.2, -0.15) is 13.2 Å². The lowest BCUT2D eigenvalue weighted by Crippen LogP contribution is -2.37. The molecule has 20 heavy (non-hydrogen) atoms. The molecule has 7 heteroatoms. The van der Waals surface area contributed by atoms with Crippen LogP contribution >= 0.6 is 0 Å². The van der Waals surface area contributed by atoms with E-state index in [0.717, 1.165) is 0 Å². The predicted molar refractivity (Wildman–Crippen MR) is 67.9 cm³/mol. The second kappa shape index (κ2) is 8.11. The highest BCUT2D eigenvalue weighted by molar-refractivity contribution is 5.81. The van der Waals surface area contributed by atoms with Gasteiger partial charge in [-0.15, -0.1) is 0 Å². The lowest BCUT2D eigenvalue weighted by atomic mass is 9.83. The topological polar surface area (TPSA) is 55.4 Å². The number of alkyl halides is 3. The van der Waals surface area contributed by atoms with E-state index < -0.39 is 12.1 Å². The molecule has 0 heterocycles. The van der Waals surface area contributed by atoms with E-state index in [1.54, 1.807) is 6.92 Å². The maximum Gasteiger partial charge on any atom is 0.471 e. The van der Waals surface area contributed by atoms with Crippen LogP contribution in [0.1, 0.15) is 46.5 Å². The summed E-state index contributed by atoms with van der Waals surface area (Å²) >= 11 is 0. The van der Waals surface area contributed by atoms with Crippen molar-refractivity contribution in [3.05, 3.63) is 0 Å². The van der Waals surface area contributed by atoms with Crippen molar-refractivity contribution in [2.45, 2.75) is 52.6 Å². The first-order chi connectivity index (χ1) is 9.08. The number of ether oxygens (including phenoxy) is 1. The van der Waals surface area contributed by atoms with Crippen molar-refractivity contribution in [2.24, 2.45) is 5.41 Å². The first-order valence-electron chi connectivity index (χ1n) is 6.59. The first-order valence-corrected chi connectivity index (χ1v) is 6.59. The molecule has 0 aromatic rings. The molecule has 118 valence electrons. The fraction of sp³-hybridized carbons (Fsp3) is 0.846. The van der Waals surface area contributed by atoms with E-state index in [4.69, 9.17) is 4.74 Å². The largest absolute Gasteiger partial charge is 0.471 e. The summed E-state index contributed by atoms with van der Waals surface area (Å²) in [5.74, 6) is -2.19. The molecule has 0 radical (unpaired) electrons. The number of halogens is 3. The van der Waals surface area contributed by atoms with Crippen LogP contribution in [0.4, 0.5) is 13.2 Å². The monoisotopic (exact) mass is 297 g/mol. The quantitative estimate of drug-likeness (QED) is 0.553. The molecule has 4 nitrogen and oxygen atoms in total. The summed E-state index contributed by atoms with van der Waals surface area (Å²) in [6.45, 7) is 5.89. The summed E-state index contributed by atoms with van der Waals surface area (Å²) in [6, 6.07) is 0. The van der Waals surface area contributed by atoms with Gasteiger partial charge in [-0.25, -0.2) is 0 Å². The molecule has 0 bridgehead atoms. The number of hydrogen-bond donors (Lipinski definition) is 1. The molecule has 0 aromatic heterocycles. The second-order valence-electron chi connectivity index (χ2n) is 5.33. The van der Waals surface area contributed by atoms with Gasteiger partial charge < -0.3 is 10.1 Å². The normalized spacial score (nSPS) is 12.1. The van der Waals surface area contributed by atoms with Crippen LogP contribution in [0.3, 0.4) is 0 Å². The van der Waals surface area contributed by atoms with E-state index >= 15 is 0 Å². The van der Waals surface area contributed by atoms with Gasteiger partial charge in [-0.05, 0) is 31.6 Å². The van der Waals surface area contributed by atoms with Gasteiger partial charge >= 0.3 is 18.1 Å². The van der Waals surface area contributed by atoms with E-state index in [0.29, 0.717) is 25.9 Å². The number of carbonyl (C=O) groups is 2. The molecule has 1 amide bonds. The molecule has 0 saturated heterocycles. The highest BCUT2D eigenvalue weighted by Crippen LogP contribution is 2.28. The van der Waals surface area contributed by atoms with Crippen molar-refractivity contribution in [2.75, 3.05) is 13.2 Å². The number of carbonyl (C=O) groups excluding carboxylic acids is 2. The minimum Gasteiger partial charge on any atom is -0.466 e. The highest BCUT2D eigenvalue weighted by atomic mass is 19.4. The van der Waals surface area contributed by atoms with Crippen LogP contribution in [-0.4, -0.2) is 31.2 Å². The van der Waals surface area contributed by atoms with Gasteiger partial charge in [0.2, 0.25) is 0 Å². The standard InChI is InChI=1S/C13H22F3NO3/c1-4-20-10(18)6-8-12(2,3)7-5-9-17-11(19)13(14,15)16/h4-9H2,1-3H3,(H,17,19). The van der Waals surface area contributed by atoms with Gasteiger partial charge in [-0.1, -0.05) is 13.8 Å². The molecule has 0 aliphatic carbocycles. The Balaban J connectivity index is 3.88. The smallest absolute Gasteiger partial charge is 0.466 e. The Hall–Kier alpha value is -1.27. The Morgan fingerprint density at radius 1 is 1.15 bits per heavy atom. The van der Waals surface area contributed by atoms with Crippen LogP contribution in [0.2, 0.25) is 0 Å². The Labute approximate surface area is 117 Å². The van der Waals surface area contributed by atoms with Gasteiger partial charge in [0, 0.05) is 13.0 Å². The van der Waals surface area contributed by atoms with Gasteiger partial charge in [-0.3, -0.25) is 9.59 Å². The minimum atomic E-state index is -4.83. The summed E-state index contributed by atoms with van der Waals surface area (Å²) in [7, 11) is 0. The molecular formula is C13H22F3NO3. The molecule has 1 N–H and O–H groups in total. The van der Waals surface area contributed by atoms with Crippen LogP contribution in [0.25, 0.3) is 0 Å². The van der Waals surface area contributed by atoms with E-state index in [2.05, 4.69) is 0 Å². The van der Waals surface area contributed by atoms with Crippen LogP contribution in [0.5, 0.6) is 0 Å². The lowest BCUT2D eigenvalue weighted by Gasteiger charge is -2.24. The zero-order valence-corrected chi connectivity index (χ0v) is 12.1. The zero-order chi connectivity index (χ0) is 15.8. The summed E-state index contributed by atoms with van der Waals surface area (Å²) in [4.78, 5) is 21.8. The Bertz CT molecular complexity index is 327. The molecule has 0 fully saturated rings. The van der Waals surface area contributed by atoms with Crippen LogP contribution in [0.15, 0.2) is 0 Å². The Morgan fingerprint density at radius 3 is 2.25 bits per heavy atom. The summed E-state index contributed by atoms with van der Waals surface area (Å²) in [5, 5.41) is 1.82. The SMILES string of the molecule is CCOC(=O)CCC(C)(C)CCCNC(=O)C(F)(F)F. The van der Waals surface area contributed by atoms with Crippen molar-refractivity contribution < 1.29 is 27.5 Å². The number of amides is 1. The van der Waals surface area contributed by atoms with Gasteiger partial charge in [0.15, 0.2) is 0 Å².